The molecule has 0 aliphatic carbocycles. The Morgan fingerprint density at radius 2 is 1.83 bits per heavy atom. The highest BCUT2D eigenvalue weighted by Crippen LogP contribution is 2.30. The second-order valence-corrected chi connectivity index (χ2v) is 13.5. The van der Waals surface area contributed by atoms with Crippen LogP contribution in [0.3, 0.4) is 0 Å². The van der Waals surface area contributed by atoms with E-state index in [1.54, 1.807) is 30.3 Å². The Morgan fingerprint density at radius 3 is 2.54 bits per heavy atom. The lowest BCUT2D eigenvalue weighted by molar-refractivity contribution is -0.140. The maximum absolute atomic E-state index is 13.8. The number of amides is 2. The largest absolute Gasteiger partial charge is 0.465 e. The third-order valence-corrected chi connectivity index (χ3v) is 10.0. The highest BCUT2D eigenvalue weighted by molar-refractivity contribution is 7.89. The third kappa shape index (κ3) is 8.04. The molecular weight excluding hydrogens is 633 g/mol. The van der Waals surface area contributed by atoms with Crippen LogP contribution in [0, 0.1) is 5.92 Å². The Bertz CT molecular complexity index is 1870. The number of likely N-dealkylation sites (tertiary alicyclic amines) is 1. The van der Waals surface area contributed by atoms with Gasteiger partial charge in [0.1, 0.15) is 5.01 Å². The van der Waals surface area contributed by atoms with Gasteiger partial charge in [0.25, 0.3) is 0 Å². The van der Waals surface area contributed by atoms with Gasteiger partial charge < -0.3 is 25.9 Å². The van der Waals surface area contributed by atoms with Gasteiger partial charge in [0.15, 0.2) is 5.84 Å². The molecule has 0 radical (unpaired) electrons. The lowest BCUT2D eigenvalue weighted by atomic mass is 9.96. The average molecular weight is 665 g/mol. The van der Waals surface area contributed by atoms with Crippen LogP contribution >= 0.6 is 11.3 Å². The molecule has 1 saturated heterocycles. The van der Waals surface area contributed by atoms with Gasteiger partial charge in [0.2, 0.25) is 15.9 Å². The Kier molecular flexibility index (Phi) is 9.94. The van der Waals surface area contributed by atoms with E-state index in [4.69, 9.17) is 15.8 Å². The number of piperidine rings is 1. The molecule has 240 valence electrons. The number of rotatable bonds is 10. The third-order valence-electron chi connectivity index (χ3n) is 7.39. The number of hydrogen-bond donors (Lipinski definition) is 4. The van der Waals surface area contributed by atoms with E-state index < -0.39 is 28.1 Å². The Hall–Kier alpha value is -4.86. The van der Waals surface area contributed by atoms with Crippen molar-refractivity contribution in [3.8, 4) is 0 Å². The maximum Gasteiger partial charge on any atom is 0.407 e. The number of thiazole rings is 1. The first kappa shape index (κ1) is 32.5. The number of nitrogens with two attached hydrogens (primary N) is 1. The zero-order valence-electron chi connectivity index (χ0n) is 24.8. The zero-order chi connectivity index (χ0) is 32.8. The predicted molar refractivity (Wildman–Crippen MR) is 173 cm³/mol. The number of anilines is 1. The number of fused-ring (bicyclic) bond motifs is 1. The van der Waals surface area contributed by atoms with Gasteiger partial charge in [-0.15, -0.1) is 11.3 Å². The summed E-state index contributed by atoms with van der Waals surface area (Å²) in [7, 11) is -4.12. The molecule has 0 saturated carbocycles. The smallest absolute Gasteiger partial charge is 0.407 e. The number of benzene rings is 3. The number of para-hydroxylation sites is 1. The van der Waals surface area contributed by atoms with Crippen LogP contribution in [0.4, 0.5) is 10.5 Å². The highest BCUT2D eigenvalue weighted by atomic mass is 32.2. The minimum absolute atomic E-state index is 0.0135. The van der Waals surface area contributed by atoms with Gasteiger partial charge in [-0.1, -0.05) is 41.6 Å². The Balaban J connectivity index is 1.38. The normalized spacial score (nSPS) is 15.0. The molecule has 4 aromatic rings. The van der Waals surface area contributed by atoms with Crippen molar-refractivity contribution >= 4 is 61.1 Å². The van der Waals surface area contributed by atoms with Crippen molar-refractivity contribution in [1.29, 1.82) is 0 Å². The maximum atomic E-state index is 13.8. The van der Waals surface area contributed by atoms with Gasteiger partial charge in [-0.05, 0) is 61.2 Å². The van der Waals surface area contributed by atoms with E-state index in [2.05, 4.69) is 20.0 Å². The fourth-order valence-electron chi connectivity index (χ4n) is 5.05. The molecule has 1 aliphatic heterocycles. The van der Waals surface area contributed by atoms with Crippen molar-refractivity contribution in [3.63, 3.8) is 0 Å². The van der Waals surface area contributed by atoms with Crippen molar-refractivity contribution in [1.82, 2.24) is 14.6 Å². The van der Waals surface area contributed by atoms with Gasteiger partial charge >= 0.3 is 12.1 Å². The molecule has 2 heterocycles. The molecule has 1 aromatic heterocycles. The number of sulfonamides is 1. The number of hydrogen-bond acceptors (Lipinski definition) is 9. The monoisotopic (exact) mass is 664 g/mol. The number of carbonyl (C=O) groups is 3. The van der Waals surface area contributed by atoms with Crippen LogP contribution in [-0.4, -0.2) is 60.3 Å². The highest BCUT2D eigenvalue weighted by Gasteiger charge is 2.28. The van der Waals surface area contributed by atoms with Crippen molar-refractivity contribution in [2.24, 2.45) is 16.8 Å². The van der Waals surface area contributed by atoms with Crippen LogP contribution in [0.5, 0.6) is 0 Å². The van der Waals surface area contributed by atoms with E-state index in [-0.39, 0.29) is 42.1 Å². The van der Waals surface area contributed by atoms with E-state index >= 15 is 0 Å². The number of nitrogens with one attached hydrogen (secondary N) is 2. The lowest BCUT2D eigenvalue weighted by Gasteiger charge is -2.29. The summed E-state index contributed by atoms with van der Waals surface area (Å²) in [5.74, 6) is -1.31. The summed E-state index contributed by atoms with van der Waals surface area (Å²) >= 11 is 1.37. The molecule has 13 nitrogen and oxygen atoms in total. The summed E-state index contributed by atoms with van der Waals surface area (Å²) in [5, 5.41) is 16.1. The van der Waals surface area contributed by atoms with Crippen molar-refractivity contribution < 1.29 is 32.7 Å². The molecule has 1 fully saturated rings. The van der Waals surface area contributed by atoms with Gasteiger partial charge in [-0.25, -0.2) is 27.7 Å². The summed E-state index contributed by atoms with van der Waals surface area (Å²) in [4.78, 5) is 45.8. The quantitative estimate of drug-likeness (QED) is 0.0837. The Morgan fingerprint density at radius 1 is 1.09 bits per heavy atom. The van der Waals surface area contributed by atoms with Crippen LogP contribution < -0.4 is 15.8 Å². The fraction of sp³-hybridized carbons (Fsp3) is 0.258. The topological polar surface area (TPSA) is 193 Å². The molecule has 1 atom stereocenters. The van der Waals surface area contributed by atoms with E-state index in [1.807, 2.05) is 30.3 Å². The molecule has 3 aromatic carbocycles. The first-order chi connectivity index (χ1) is 22.0. The van der Waals surface area contributed by atoms with E-state index in [0.717, 1.165) is 15.8 Å². The lowest BCUT2D eigenvalue weighted by Crippen LogP contribution is -2.40. The summed E-state index contributed by atoms with van der Waals surface area (Å²) in [5.41, 5.74) is 8.24. The molecule has 46 heavy (non-hydrogen) atoms. The van der Waals surface area contributed by atoms with Crippen LogP contribution in [-0.2, 0) is 30.9 Å². The number of carbonyl (C=O) groups excluding carboxylic acids is 2. The van der Waals surface area contributed by atoms with Gasteiger partial charge in [0.05, 0.1) is 21.2 Å². The molecule has 2 amide bonds. The SMILES string of the molecule is CC(=O)O/N=C(/N)c1cccc(CC(NS(=O)(=O)c2cccc(NC(=O)C3CCN(C(=O)O)CC3)c2)c2nc3ccccc3s2)c1. The van der Waals surface area contributed by atoms with Crippen LogP contribution in [0.2, 0.25) is 0 Å². The number of nitrogens with zero attached hydrogens (tertiary/aromatic N) is 3. The van der Waals surface area contributed by atoms with Crippen molar-refractivity contribution in [2.45, 2.75) is 37.1 Å². The molecule has 1 aliphatic rings. The fourth-order valence-corrected chi connectivity index (χ4v) is 7.39. The second-order valence-electron chi connectivity index (χ2n) is 10.7. The zero-order valence-corrected chi connectivity index (χ0v) is 26.4. The van der Waals surface area contributed by atoms with E-state index in [1.165, 1.54) is 35.3 Å². The minimum atomic E-state index is -4.12. The minimum Gasteiger partial charge on any atom is -0.465 e. The molecule has 5 N–H and O–H groups in total. The number of oxime groups is 1. The first-order valence-corrected chi connectivity index (χ1v) is 16.7. The Labute approximate surface area is 269 Å². The van der Waals surface area contributed by atoms with Crippen molar-refractivity contribution in [3.05, 3.63) is 88.9 Å². The number of amidine groups is 1. The summed E-state index contributed by atoms with van der Waals surface area (Å²) in [6.45, 7) is 1.72. The molecule has 0 bridgehead atoms. The molecule has 5 rings (SSSR count). The van der Waals surface area contributed by atoms with Gasteiger partial charge in [0, 0.05) is 37.2 Å². The molecular formula is C31H32N6O7S2. The van der Waals surface area contributed by atoms with Crippen molar-refractivity contribution in [2.75, 3.05) is 18.4 Å². The predicted octanol–water partition coefficient (Wildman–Crippen LogP) is 4.07. The van der Waals surface area contributed by atoms with Gasteiger partial charge in [-0.3, -0.25) is 4.79 Å². The average Bonchev–Trinajstić information content (AvgIpc) is 3.48. The van der Waals surface area contributed by atoms with Gasteiger partial charge in [-0.2, -0.15) is 0 Å². The molecule has 0 spiro atoms. The summed E-state index contributed by atoms with van der Waals surface area (Å²) in [6, 6.07) is 19.7. The number of aromatic nitrogens is 1. The van der Waals surface area contributed by atoms with E-state index in [9.17, 15) is 22.8 Å². The summed E-state index contributed by atoms with van der Waals surface area (Å²) < 4.78 is 31.3. The first-order valence-electron chi connectivity index (χ1n) is 14.4. The summed E-state index contributed by atoms with van der Waals surface area (Å²) in [6.07, 6.45) is -0.0500. The van der Waals surface area contributed by atoms with Crippen LogP contribution in [0.15, 0.2) is 82.8 Å². The van der Waals surface area contributed by atoms with Crippen LogP contribution in [0.1, 0.15) is 41.9 Å². The van der Waals surface area contributed by atoms with E-state index in [0.29, 0.717) is 29.1 Å². The second kappa shape index (κ2) is 14.1. The van der Waals surface area contributed by atoms with Crippen LogP contribution in [0.25, 0.3) is 10.2 Å². The number of carboxylic acid groups (broad SMARTS) is 1. The molecule has 15 heteroatoms. The standard InChI is InChI=1S/C31H32N6O7S2/c1-19(38)44-35-28(32)22-7-4-6-20(16-22)17-26(30-34-25-10-2-3-11-27(25)45-30)36-46(42,43)24-9-5-8-23(18-24)33-29(39)21-12-14-37(15-13-21)31(40)41/h2-11,16,18,21,26,36H,12-15,17H2,1H3,(H2,32,35)(H,33,39)(H,40,41). The molecule has 1 unspecified atom stereocenters.